The highest BCUT2D eigenvalue weighted by Crippen LogP contribution is 2.23. The van der Waals surface area contributed by atoms with Crippen LogP contribution >= 0.6 is 0 Å². The Morgan fingerprint density at radius 3 is 2.52 bits per heavy atom. The zero-order valence-electron chi connectivity index (χ0n) is 12.9. The lowest BCUT2D eigenvalue weighted by molar-refractivity contribution is 0.0848. The van der Waals surface area contributed by atoms with Crippen molar-refractivity contribution in [2.75, 3.05) is 6.61 Å². The van der Waals surface area contributed by atoms with Crippen LogP contribution in [0.1, 0.15) is 42.7 Å². The van der Waals surface area contributed by atoms with E-state index >= 15 is 0 Å². The molecule has 1 heterocycles. The highest BCUT2D eigenvalue weighted by molar-refractivity contribution is 5.24. The average Bonchev–Trinajstić information content (AvgIpc) is 2.44. The zero-order valence-corrected chi connectivity index (χ0v) is 12.9. The SMILES string of the molecule is CCOC(c1ccccc1)c1nc(C)cc(CC(C)N)n1. The Bertz CT molecular complexity index is 570. The number of ether oxygens (including phenoxy) is 1. The molecule has 2 rings (SSSR count). The van der Waals surface area contributed by atoms with Crippen LogP contribution in [0.15, 0.2) is 36.4 Å². The molecule has 1 aromatic carbocycles. The van der Waals surface area contributed by atoms with Crippen molar-refractivity contribution in [3.63, 3.8) is 0 Å². The van der Waals surface area contributed by atoms with Crippen molar-refractivity contribution in [1.29, 1.82) is 0 Å². The molecule has 0 aliphatic carbocycles. The smallest absolute Gasteiger partial charge is 0.162 e. The topological polar surface area (TPSA) is 61.0 Å². The Hall–Kier alpha value is -1.78. The fourth-order valence-corrected chi connectivity index (χ4v) is 2.32. The summed E-state index contributed by atoms with van der Waals surface area (Å²) < 4.78 is 5.87. The molecule has 2 unspecified atom stereocenters. The highest BCUT2D eigenvalue weighted by atomic mass is 16.5. The highest BCUT2D eigenvalue weighted by Gasteiger charge is 2.18. The first kappa shape index (κ1) is 15.6. The number of hydrogen-bond donors (Lipinski definition) is 1. The molecule has 0 spiro atoms. The number of nitrogens with zero attached hydrogens (tertiary/aromatic N) is 2. The molecular weight excluding hydrogens is 262 g/mol. The van der Waals surface area contributed by atoms with Crippen molar-refractivity contribution in [3.05, 3.63) is 59.2 Å². The molecule has 0 saturated carbocycles. The van der Waals surface area contributed by atoms with Gasteiger partial charge in [0.1, 0.15) is 6.10 Å². The maximum absolute atomic E-state index is 5.88. The molecule has 0 aliphatic heterocycles. The van der Waals surface area contributed by atoms with Gasteiger partial charge < -0.3 is 10.5 Å². The van der Waals surface area contributed by atoms with Gasteiger partial charge in [-0.1, -0.05) is 30.3 Å². The third-order valence-electron chi connectivity index (χ3n) is 3.13. The number of aryl methyl sites for hydroxylation is 1. The van der Waals surface area contributed by atoms with Crippen LogP contribution in [0.3, 0.4) is 0 Å². The van der Waals surface area contributed by atoms with Gasteiger partial charge in [0, 0.05) is 30.5 Å². The molecule has 1 aromatic heterocycles. The van der Waals surface area contributed by atoms with Gasteiger partial charge in [0.2, 0.25) is 0 Å². The largest absolute Gasteiger partial charge is 0.366 e. The van der Waals surface area contributed by atoms with Gasteiger partial charge in [0.25, 0.3) is 0 Å². The Balaban J connectivity index is 2.38. The standard InChI is InChI=1S/C17H23N3O/c1-4-21-16(14-8-6-5-7-9-14)17-19-13(3)11-15(20-17)10-12(2)18/h5-9,11-12,16H,4,10,18H2,1-3H3. The summed E-state index contributed by atoms with van der Waals surface area (Å²) >= 11 is 0. The van der Waals surface area contributed by atoms with E-state index in [4.69, 9.17) is 10.5 Å². The van der Waals surface area contributed by atoms with Gasteiger partial charge >= 0.3 is 0 Å². The Morgan fingerprint density at radius 2 is 1.90 bits per heavy atom. The van der Waals surface area contributed by atoms with Crippen LogP contribution in [0.4, 0.5) is 0 Å². The molecule has 0 aliphatic rings. The van der Waals surface area contributed by atoms with E-state index in [2.05, 4.69) is 9.97 Å². The van der Waals surface area contributed by atoms with Crippen molar-refractivity contribution in [1.82, 2.24) is 9.97 Å². The summed E-state index contributed by atoms with van der Waals surface area (Å²) in [6, 6.07) is 12.1. The predicted octanol–water partition coefficient (Wildman–Crippen LogP) is 2.80. The molecular formula is C17H23N3O. The normalized spacial score (nSPS) is 13.9. The summed E-state index contributed by atoms with van der Waals surface area (Å²) in [5, 5.41) is 0. The third-order valence-corrected chi connectivity index (χ3v) is 3.13. The second-order valence-electron chi connectivity index (χ2n) is 5.29. The molecule has 0 amide bonds. The van der Waals surface area contributed by atoms with E-state index in [1.54, 1.807) is 0 Å². The molecule has 2 atom stereocenters. The minimum absolute atomic E-state index is 0.0782. The van der Waals surface area contributed by atoms with Crippen LogP contribution in [0.25, 0.3) is 0 Å². The first-order valence-electron chi connectivity index (χ1n) is 7.36. The predicted molar refractivity (Wildman–Crippen MR) is 84.0 cm³/mol. The summed E-state index contributed by atoms with van der Waals surface area (Å²) in [6.07, 6.45) is 0.507. The molecule has 0 radical (unpaired) electrons. The van der Waals surface area contributed by atoms with Gasteiger partial charge in [-0.15, -0.1) is 0 Å². The van der Waals surface area contributed by atoms with E-state index in [0.717, 1.165) is 23.4 Å². The molecule has 4 heteroatoms. The monoisotopic (exact) mass is 285 g/mol. The van der Waals surface area contributed by atoms with Gasteiger partial charge in [-0.2, -0.15) is 0 Å². The first-order chi connectivity index (χ1) is 10.1. The molecule has 0 fully saturated rings. The van der Waals surface area contributed by atoms with Crippen LogP contribution < -0.4 is 5.73 Å². The quantitative estimate of drug-likeness (QED) is 0.886. The maximum Gasteiger partial charge on any atom is 0.162 e. The van der Waals surface area contributed by atoms with Gasteiger partial charge in [0.05, 0.1) is 0 Å². The van der Waals surface area contributed by atoms with E-state index < -0.39 is 0 Å². The summed E-state index contributed by atoms with van der Waals surface area (Å²) in [4.78, 5) is 9.21. The number of hydrogen-bond acceptors (Lipinski definition) is 4. The number of aromatic nitrogens is 2. The number of nitrogens with two attached hydrogens (primary N) is 1. The fourth-order valence-electron chi connectivity index (χ4n) is 2.32. The summed E-state index contributed by atoms with van der Waals surface area (Å²) in [6.45, 7) is 6.55. The molecule has 2 aromatic rings. The van der Waals surface area contributed by atoms with Crippen LogP contribution in [-0.4, -0.2) is 22.6 Å². The summed E-state index contributed by atoms with van der Waals surface area (Å²) in [5.74, 6) is 0.707. The second kappa shape index (κ2) is 7.29. The summed E-state index contributed by atoms with van der Waals surface area (Å²) in [7, 11) is 0. The second-order valence-corrected chi connectivity index (χ2v) is 5.29. The Morgan fingerprint density at radius 1 is 1.19 bits per heavy atom. The van der Waals surface area contributed by atoms with Crippen LogP contribution in [-0.2, 0) is 11.2 Å². The maximum atomic E-state index is 5.88. The Kier molecular flexibility index (Phi) is 5.42. The van der Waals surface area contributed by atoms with Crippen LogP contribution in [0, 0.1) is 6.92 Å². The van der Waals surface area contributed by atoms with E-state index in [1.165, 1.54) is 0 Å². The summed E-state index contributed by atoms with van der Waals surface area (Å²) in [5.41, 5.74) is 8.85. The van der Waals surface area contributed by atoms with Gasteiger partial charge in [-0.3, -0.25) is 0 Å². The van der Waals surface area contributed by atoms with Crippen LogP contribution in [0.2, 0.25) is 0 Å². The lowest BCUT2D eigenvalue weighted by Gasteiger charge is -2.18. The molecule has 21 heavy (non-hydrogen) atoms. The Labute approximate surface area is 126 Å². The lowest BCUT2D eigenvalue weighted by atomic mass is 10.1. The molecule has 0 bridgehead atoms. The number of benzene rings is 1. The van der Waals surface area contributed by atoms with Gasteiger partial charge in [-0.25, -0.2) is 9.97 Å². The van der Waals surface area contributed by atoms with Crippen LogP contribution in [0.5, 0.6) is 0 Å². The van der Waals surface area contributed by atoms with Crippen molar-refractivity contribution in [2.24, 2.45) is 5.73 Å². The minimum atomic E-state index is -0.233. The average molecular weight is 285 g/mol. The van der Waals surface area contributed by atoms with Crippen molar-refractivity contribution in [3.8, 4) is 0 Å². The number of rotatable bonds is 6. The minimum Gasteiger partial charge on any atom is -0.366 e. The zero-order chi connectivity index (χ0) is 15.2. The first-order valence-corrected chi connectivity index (χ1v) is 7.36. The van der Waals surface area contributed by atoms with Gasteiger partial charge in [0.15, 0.2) is 5.82 Å². The van der Waals surface area contributed by atoms with E-state index in [9.17, 15) is 0 Å². The van der Waals surface area contributed by atoms with Crippen molar-refractivity contribution < 1.29 is 4.74 Å². The van der Waals surface area contributed by atoms with Gasteiger partial charge in [-0.05, 0) is 32.4 Å². The van der Waals surface area contributed by atoms with Crippen molar-refractivity contribution in [2.45, 2.75) is 39.3 Å². The van der Waals surface area contributed by atoms with E-state index in [0.29, 0.717) is 12.4 Å². The fraction of sp³-hybridized carbons (Fsp3) is 0.412. The van der Waals surface area contributed by atoms with Crippen molar-refractivity contribution >= 4 is 0 Å². The third kappa shape index (κ3) is 4.34. The lowest BCUT2D eigenvalue weighted by Crippen LogP contribution is -2.20. The molecule has 0 saturated heterocycles. The van der Waals surface area contributed by atoms with E-state index in [-0.39, 0.29) is 12.1 Å². The molecule has 112 valence electrons. The molecule has 4 nitrogen and oxygen atoms in total. The molecule has 2 N–H and O–H groups in total. The van der Waals surface area contributed by atoms with E-state index in [1.807, 2.05) is 57.2 Å².